The summed E-state index contributed by atoms with van der Waals surface area (Å²) >= 11 is 0. The van der Waals surface area contributed by atoms with E-state index in [0.717, 1.165) is 11.9 Å². The van der Waals surface area contributed by atoms with Gasteiger partial charge in [0.15, 0.2) is 11.5 Å². The lowest BCUT2D eigenvalue weighted by Crippen LogP contribution is -2.40. The molecule has 156 valence electrons. The van der Waals surface area contributed by atoms with Crippen molar-refractivity contribution in [3.8, 4) is 5.95 Å². The maximum absolute atomic E-state index is 14.4. The van der Waals surface area contributed by atoms with Gasteiger partial charge < -0.3 is 4.90 Å². The first-order chi connectivity index (χ1) is 14.2. The summed E-state index contributed by atoms with van der Waals surface area (Å²) in [7, 11) is 0. The van der Waals surface area contributed by atoms with Crippen molar-refractivity contribution in [3.05, 3.63) is 58.7 Å². The minimum absolute atomic E-state index is 0.115. The summed E-state index contributed by atoms with van der Waals surface area (Å²) in [6.45, 7) is 3.55. The van der Waals surface area contributed by atoms with Crippen molar-refractivity contribution < 1.29 is 22.4 Å². The third-order valence-electron chi connectivity index (χ3n) is 4.88. The Bertz CT molecular complexity index is 1130. The van der Waals surface area contributed by atoms with E-state index < -0.39 is 35.2 Å². The number of alkyl halides is 3. The van der Waals surface area contributed by atoms with Crippen LogP contribution in [0.2, 0.25) is 0 Å². The third-order valence-corrected chi connectivity index (χ3v) is 4.88. The summed E-state index contributed by atoms with van der Waals surface area (Å²) in [5, 5.41) is 8.15. The minimum Gasteiger partial charge on any atom is -0.328 e. The summed E-state index contributed by atoms with van der Waals surface area (Å²) < 4.78 is 54.8. The standard InChI is InChI=1S/C18H15F4N7O/c1-9-3-6-24-17(25-9)29-12-5-8-28(10(2)14(12)26-27-29)16(30)15-13(19)11(4-7-23-15)18(20,21)22/h3-4,6-7,10H,5,8H2,1-2H3. The second-order valence-corrected chi connectivity index (χ2v) is 6.77. The first-order valence-electron chi connectivity index (χ1n) is 8.95. The van der Waals surface area contributed by atoms with Crippen LogP contribution in [0.4, 0.5) is 17.6 Å². The van der Waals surface area contributed by atoms with Crippen molar-refractivity contribution in [2.24, 2.45) is 0 Å². The van der Waals surface area contributed by atoms with Gasteiger partial charge in [-0.3, -0.25) is 4.79 Å². The number of rotatable bonds is 2. The first kappa shape index (κ1) is 19.9. The lowest BCUT2D eigenvalue weighted by atomic mass is 10.0. The molecule has 30 heavy (non-hydrogen) atoms. The SMILES string of the molecule is Cc1ccnc(-n2nnc3c2CCN(C(=O)c2nccc(C(F)(F)F)c2F)C3C)n1. The number of nitrogens with zero attached hydrogens (tertiary/aromatic N) is 7. The Labute approximate surface area is 167 Å². The van der Waals surface area contributed by atoms with Gasteiger partial charge in [0, 0.05) is 31.1 Å². The normalized spacial score (nSPS) is 16.5. The molecule has 0 N–H and O–H groups in total. The highest BCUT2D eigenvalue weighted by atomic mass is 19.4. The van der Waals surface area contributed by atoms with E-state index in [-0.39, 0.29) is 13.0 Å². The molecule has 12 heteroatoms. The highest BCUT2D eigenvalue weighted by Crippen LogP contribution is 2.34. The van der Waals surface area contributed by atoms with Crippen LogP contribution in [0.1, 0.15) is 46.1 Å². The molecule has 4 heterocycles. The van der Waals surface area contributed by atoms with Crippen LogP contribution in [0.3, 0.4) is 0 Å². The molecule has 0 radical (unpaired) electrons. The first-order valence-corrected chi connectivity index (χ1v) is 8.95. The maximum Gasteiger partial charge on any atom is 0.419 e. The molecule has 3 aromatic rings. The summed E-state index contributed by atoms with van der Waals surface area (Å²) in [4.78, 5) is 26.1. The Balaban J connectivity index is 1.67. The van der Waals surface area contributed by atoms with Crippen molar-refractivity contribution >= 4 is 5.91 Å². The Kier molecular flexibility index (Phi) is 4.71. The van der Waals surface area contributed by atoms with E-state index in [1.165, 1.54) is 9.58 Å². The molecule has 1 aliphatic rings. The van der Waals surface area contributed by atoms with Crippen molar-refractivity contribution in [1.29, 1.82) is 0 Å². The minimum atomic E-state index is -4.93. The smallest absolute Gasteiger partial charge is 0.328 e. The van der Waals surface area contributed by atoms with Gasteiger partial charge in [-0.1, -0.05) is 5.21 Å². The van der Waals surface area contributed by atoms with Gasteiger partial charge in [0.1, 0.15) is 5.69 Å². The number of halogens is 4. The van der Waals surface area contributed by atoms with E-state index in [9.17, 15) is 22.4 Å². The van der Waals surface area contributed by atoms with Crippen molar-refractivity contribution in [1.82, 2.24) is 34.8 Å². The molecule has 0 fully saturated rings. The van der Waals surface area contributed by atoms with E-state index in [4.69, 9.17) is 0 Å². The van der Waals surface area contributed by atoms with Gasteiger partial charge in [0.05, 0.1) is 17.3 Å². The number of aryl methyl sites for hydroxylation is 1. The van der Waals surface area contributed by atoms with E-state index in [0.29, 0.717) is 23.4 Å². The van der Waals surface area contributed by atoms with Gasteiger partial charge in [0.2, 0.25) is 0 Å². The highest BCUT2D eigenvalue weighted by Gasteiger charge is 2.39. The third kappa shape index (κ3) is 3.27. The maximum atomic E-state index is 14.4. The zero-order valence-electron chi connectivity index (χ0n) is 15.9. The van der Waals surface area contributed by atoms with Crippen LogP contribution in [0, 0.1) is 12.7 Å². The van der Waals surface area contributed by atoms with Crippen LogP contribution < -0.4 is 0 Å². The van der Waals surface area contributed by atoms with Crippen LogP contribution in [0.5, 0.6) is 0 Å². The average Bonchev–Trinajstić information content (AvgIpc) is 3.12. The van der Waals surface area contributed by atoms with Gasteiger partial charge in [-0.05, 0) is 26.0 Å². The predicted molar refractivity (Wildman–Crippen MR) is 94.0 cm³/mol. The zero-order chi connectivity index (χ0) is 21.6. The highest BCUT2D eigenvalue weighted by molar-refractivity contribution is 5.93. The molecule has 0 saturated carbocycles. The van der Waals surface area contributed by atoms with E-state index >= 15 is 0 Å². The zero-order valence-corrected chi connectivity index (χ0v) is 15.9. The molecule has 1 aliphatic heterocycles. The van der Waals surface area contributed by atoms with Crippen molar-refractivity contribution in [2.45, 2.75) is 32.5 Å². The molecule has 0 saturated heterocycles. The van der Waals surface area contributed by atoms with Crippen molar-refractivity contribution in [2.75, 3.05) is 6.54 Å². The average molecular weight is 421 g/mol. The predicted octanol–water partition coefficient (Wildman–Crippen LogP) is 2.68. The summed E-state index contributed by atoms with van der Waals surface area (Å²) in [6.07, 6.45) is -2.30. The molecule has 0 aliphatic carbocycles. The van der Waals surface area contributed by atoms with Gasteiger partial charge in [-0.15, -0.1) is 5.10 Å². The molecule has 0 bridgehead atoms. The Morgan fingerprint density at radius 2 is 1.93 bits per heavy atom. The number of hydrogen-bond donors (Lipinski definition) is 0. The van der Waals surface area contributed by atoms with Crippen LogP contribution in [0.15, 0.2) is 24.5 Å². The summed E-state index contributed by atoms with van der Waals surface area (Å²) in [6, 6.07) is 1.57. The number of carbonyl (C=O) groups is 1. The Hall–Kier alpha value is -3.44. The summed E-state index contributed by atoms with van der Waals surface area (Å²) in [5.74, 6) is -2.32. The summed E-state index contributed by atoms with van der Waals surface area (Å²) in [5.41, 5.74) is -0.569. The van der Waals surface area contributed by atoms with E-state index in [2.05, 4.69) is 25.3 Å². The van der Waals surface area contributed by atoms with Crippen LogP contribution in [-0.2, 0) is 12.6 Å². The van der Waals surface area contributed by atoms with Gasteiger partial charge in [-0.2, -0.15) is 17.9 Å². The molecule has 8 nitrogen and oxygen atoms in total. The number of carbonyl (C=O) groups excluding carboxylic acids is 1. The lowest BCUT2D eigenvalue weighted by molar-refractivity contribution is -0.140. The molecule has 0 aromatic carbocycles. The Morgan fingerprint density at radius 3 is 2.63 bits per heavy atom. The quantitative estimate of drug-likeness (QED) is 0.591. The van der Waals surface area contributed by atoms with Crippen LogP contribution >= 0.6 is 0 Å². The van der Waals surface area contributed by atoms with Crippen LogP contribution in [0.25, 0.3) is 5.95 Å². The fraction of sp³-hybridized carbons (Fsp3) is 0.333. The monoisotopic (exact) mass is 421 g/mol. The Morgan fingerprint density at radius 1 is 1.20 bits per heavy atom. The number of pyridine rings is 1. The van der Waals surface area contributed by atoms with E-state index in [1.54, 1.807) is 26.1 Å². The second kappa shape index (κ2) is 7.11. The molecule has 4 rings (SSSR count). The largest absolute Gasteiger partial charge is 0.419 e. The van der Waals surface area contributed by atoms with Crippen LogP contribution in [-0.4, -0.2) is 47.3 Å². The van der Waals surface area contributed by atoms with Gasteiger partial charge >= 0.3 is 6.18 Å². The fourth-order valence-electron chi connectivity index (χ4n) is 3.36. The number of fused-ring (bicyclic) bond motifs is 1. The molecular formula is C18H15F4N7O. The number of aromatic nitrogens is 6. The van der Waals surface area contributed by atoms with Gasteiger partial charge in [-0.25, -0.2) is 19.3 Å². The molecule has 1 atom stereocenters. The molecule has 1 amide bonds. The second-order valence-electron chi connectivity index (χ2n) is 6.77. The molecule has 0 spiro atoms. The van der Waals surface area contributed by atoms with Gasteiger partial charge in [0.25, 0.3) is 11.9 Å². The number of hydrogen-bond acceptors (Lipinski definition) is 6. The van der Waals surface area contributed by atoms with Crippen molar-refractivity contribution in [3.63, 3.8) is 0 Å². The molecule has 3 aromatic heterocycles. The molecular weight excluding hydrogens is 406 g/mol. The topological polar surface area (TPSA) is 89.7 Å². The fourth-order valence-corrected chi connectivity index (χ4v) is 3.36. The molecule has 1 unspecified atom stereocenters. The van der Waals surface area contributed by atoms with E-state index in [1.807, 2.05) is 0 Å². The number of amides is 1. The lowest BCUT2D eigenvalue weighted by Gasteiger charge is -2.32.